The highest BCUT2D eigenvalue weighted by Crippen LogP contribution is 2.27. The third-order valence-electron chi connectivity index (χ3n) is 15.5. The van der Waals surface area contributed by atoms with Gasteiger partial charge in [-0.25, -0.2) is 0 Å². The molecule has 14 heteroatoms. The molecule has 0 amide bonds. The smallest absolute Gasteiger partial charge is 0.306 e. The first-order chi connectivity index (χ1) is 37.6. The third kappa shape index (κ3) is 36.5. The van der Waals surface area contributed by atoms with Crippen molar-refractivity contribution in [3.8, 4) is 0 Å². The van der Waals surface area contributed by atoms with Gasteiger partial charge in [0.1, 0.15) is 54.9 Å². The summed E-state index contributed by atoms with van der Waals surface area (Å²) in [6.45, 7) is 3.72. The van der Waals surface area contributed by atoms with Crippen LogP contribution < -0.4 is 0 Å². The number of carbonyl (C=O) groups is 1. The molecule has 454 valence electrons. The van der Waals surface area contributed by atoms with Gasteiger partial charge in [-0.15, -0.1) is 0 Å². The van der Waals surface area contributed by atoms with Crippen molar-refractivity contribution in [2.75, 3.05) is 33.0 Å². The Balaban J connectivity index is 1.67. The molecule has 2 heterocycles. The molecule has 7 N–H and O–H groups in total. The van der Waals surface area contributed by atoms with Crippen LogP contribution in [0, 0.1) is 0 Å². The zero-order valence-corrected chi connectivity index (χ0v) is 49.0. The molecule has 0 aromatic heterocycles. The van der Waals surface area contributed by atoms with Crippen molar-refractivity contribution in [2.24, 2.45) is 0 Å². The maximum absolute atomic E-state index is 13.1. The molecule has 2 rings (SSSR count). The van der Waals surface area contributed by atoms with Crippen molar-refractivity contribution < 1.29 is 69.0 Å². The van der Waals surface area contributed by atoms with Gasteiger partial charge < -0.3 is 64.2 Å². The van der Waals surface area contributed by atoms with Crippen LogP contribution in [0.1, 0.15) is 271 Å². The first-order valence-corrected chi connectivity index (χ1v) is 31.9. The van der Waals surface area contributed by atoms with E-state index in [1.54, 1.807) is 0 Å². The fraction of sp³-hybridized carbons (Fsp3) is 0.921. The molecule has 0 aromatic rings. The molecule has 11 unspecified atom stereocenters. The van der Waals surface area contributed by atoms with Crippen LogP contribution in [0.25, 0.3) is 0 Å². The molecule has 0 aromatic carbocycles. The number of hydrogen-bond donors (Lipinski definition) is 7. The molecule has 2 saturated heterocycles. The summed E-state index contributed by atoms with van der Waals surface area (Å²) >= 11 is 0. The SMILES string of the molecule is CCCCC/C=C\C/C=C\CCCCCCCCCCCCOCC(COC1OC(COC2OC(CO)C(O)C(O)C2O)C(O)C(O)C1O)OC(=O)CCCCCCCCCCCCCCCCCCCCCCCCC. The zero-order chi connectivity index (χ0) is 55.8. The number of aliphatic hydroxyl groups excluding tert-OH is 7. The van der Waals surface area contributed by atoms with Gasteiger partial charge in [-0.05, 0) is 44.9 Å². The van der Waals surface area contributed by atoms with Crippen LogP contribution in [0.15, 0.2) is 24.3 Å². The van der Waals surface area contributed by atoms with E-state index >= 15 is 0 Å². The highest BCUT2D eigenvalue weighted by atomic mass is 16.7. The van der Waals surface area contributed by atoms with E-state index in [4.69, 9.17) is 28.4 Å². The van der Waals surface area contributed by atoms with Crippen molar-refractivity contribution >= 4 is 5.97 Å². The van der Waals surface area contributed by atoms with E-state index in [9.17, 15) is 40.5 Å². The van der Waals surface area contributed by atoms with E-state index in [0.717, 1.165) is 44.9 Å². The van der Waals surface area contributed by atoms with Crippen molar-refractivity contribution in [2.45, 2.75) is 338 Å². The van der Waals surface area contributed by atoms with Gasteiger partial charge in [0, 0.05) is 13.0 Å². The number of unbranched alkanes of at least 4 members (excludes halogenated alkanes) is 35. The Morgan fingerprint density at radius 1 is 0.429 bits per heavy atom. The fourth-order valence-electron chi connectivity index (χ4n) is 10.3. The molecular formula is C63H118O14. The Bertz CT molecular complexity index is 1370. The molecular weight excluding hydrogens is 981 g/mol. The average molecular weight is 1100 g/mol. The summed E-state index contributed by atoms with van der Waals surface area (Å²) in [6, 6.07) is 0. The number of aliphatic hydroxyl groups is 7. The second kappa shape index (κ2) is 50.2. The lowest BCUT2D eigenvalue weighted by Gasteiger charge is -2.42. The lowest BCUT2D eigenvalue weighted by atomic mass is 9.98. The Labute approximate surface area is 468 Å². The summed E-state index contributed by atoms with van der Waals surface area (Å²) < 4.78 is 34.5. The van der Waals surface area contributed by atoms with Gasteiger partial charge in [0.25, 0.3) is 0 Å². The highest BCUT2D eigenvalue weighted by Gasteiger charge is 2.47. The van der Waals surface area contributed by atoms with Crippen LogP contribution >= 0.6 is 0 Å². The predicted octanol–water partition coefficient (Wildman–Crippen LogP) is 12.3. The van der Waals surface area contributed by atoms with Crippen molar-refractivity contribution in [1.82, 2.24) is 0 Å². The minimum atomic E-state index is -1.71. The summed E-state index contributed by atoms with van der Waals surface area (Å²) in [5.41, 5.74) is 0. The van der Waals surface area contributed by atoms with E-state index in [1.165, 1.54) is 199 Å². The van der Waals surface area contributed by atoms with Crippen molar-refractivity contribution in [1.29, 1.82) is 0 Å². The van der Waals surface area contributed by atoms with E-state index in [1.807, 2.05) is 0 Å². The Morgan fingerprint density at radius 3 is 1.27 bits per heavy atom. The lowest BCUT2D eigenvalue weighted by molar-refractivity contribution is -0.332. The molecule has 0 aliphatic carbocycles. The molecule has 0 saturated carbocycles. The molecule has 2 aliphatic heterocycles. The Morgan fingerprint density at radius 2 is 0.805 bits per heavy atom. The monoisotopic (exact) mass is 1100 g/mol. The Kier molecular flexibility index (Phi) is 46.7. The van der Waals surface area contributed by atoms with E-state index < -0.39 is 80.7 Å². The molecule has 0 spiro atoms. The van der Waals surface area contributed by atoms with Gasteiger partial charge in [-0.3, -0.25) is 4.79 Å². The molecule has 2 fully saturated rings. The molecule has 11 atom stereocenters. The second-order valence-electron chi connectivity index (χ2n) is 22.6. The Hall–Kier alpha value is -1.53. The number of ether oxygens (including phenoxy) is 6. The maximum atomic E-state index is 13.1. The number of allylic oxidation sites excluding steroid dienone is 4. The molecule has 0 bridgehead atoms. The summed E-state index contributed by atoms with van der Waals surface area (Å²) in [6.07, 6.45) is 42.4. The van der Waals surface area contributed by atoms with Gasteiger partial charge in [0.05, 0.1) is 26.4 Å². The van der Waals surface area contributed by atoms with Gasteiger partial charge in [-0.1, -0.05) is 244 Å². The molecule has 0 radical (unpaired) electrons. The van der Waals surface area contributed by atoms with Crippen molar-refractivity contribution in [3.63, 3.8) is 0 Å². The number of carbonyl (C=O) groups excluding carboxylic acids is 1. The standard InChI is InChI=1S/C63H118O14/c1-3-5-7-9-11-13-15-17-19-21-23-25-26-27-28-30-32-34-36-38-40-42-44-46-55(65)75-52(49-72-47-45-43-41-39-37-35-33-31-29-24-22-20-18-16-14-12-10-8-6-4-2)50-73-62-61(71)59(69)57(67)54(77-62)51-74-63-60(70)58(68)56(66)53(48-64)76-63/h12,14,18,20,52-54,56-64,66-71H,3-11,13,15-17,19,21-51H2,1-2H3/b14-12-,20-18-. The topological polar surface area (TPSA) is 214 Å². The van der Waals surface area contributed by atoms with E-state index in [2.05, 4.69) is 38.2 Å². The quantitative estimate of drug-likeness (QED) is 0.0172. The van der Waals surface area contributed by atoms with Crippen LogP contribution in [0.5, 0.6) is 0 Å². The van der Waals surface area contributed by atoms with Crippen LogP contribution in [0.2, 0.25) is 0 Å². The van der Waals surface area contributed by atoms with Crippen molar-refractivity contribution in [3.05, 3.63) is 24.3 Å². The molecule has 14 nitrogen and oxygen atoms in total. The van der Waals surface area contributed by atoms with Crippen LogP contribution in [0.3, 0.4) is 0 Å². The van der Waals surface area contributed by atoms with Crippen LogP contribution in [-0.4, -0.2) is 142 Å². The lowest BCUT2D eigenvalue weighted by Crippen LogP contribution is -2.61. The maximum Gasteiger partial charge on any atom is 0.306 e. The number of esters is 1. The molecule has 2 aliphatic rings. The normalized spacial score (nSPS) is 24.4. The van der Waals surface area contributed by atoms with Gasteiger partial charge in [-0.2, -0.15) is 0 Å². The summed E-state index contributed by atoms with van der Waals surface area (Å²) in [5.74, 6) is -0.370. The van der Waals surface area contributed by atoms with Crippen LogP contribution in [0.4, 0.5) is 0 Å². The van der Waals surface area contributed by atoms with E-state index in [-0.39, 0.29) is 25.6 Å². The average Bonchev–Trinajstić information content (AvgIpc) is 3.43. The minimum Gasteiger partial charge on any atom is -0.457 e. The number of rotatable bonds is 53. The van der Waals surface area contributed by atoms with Gasteiger partial charge in [0.15, 0.2) is 12.6 Å². The largest absolute Gasteiger partial charge is 0.457 e. The first kappa shape index (κ1) is 71.6. The summed E-state index contributed by atoms with van der Waals surface area (Å²) in [7, 11) is 0. The fourth-order valence-corrected chi connectivity index (χ4v) is 10.3. The van der Waals surface area contributed by atoms with Crippen LogP contribution in [-0.2, 0) is 33.2 Å². The third-order valence-corrected chi connectivity index (χ3v) is 15.5. The van der Waals surface area contributed by atoms with Gasteiger partial charge >= 0.3 is 5.97 Å². The predicted molar refractivity (Wildman–Crippen MR) is 307 cm³/mol. The summed E-state index contributed by atoms with van der Waals surface area (Å²) in [4.78, 5) is 13.1. The second-order valence-corrected chi connectivity index (χ2v) is 22.6. The van der Waals surface area contributed by atoms with Gasteiger partial charge in [0.2, 0.25) is 0 Å². The molecule has 77 heavy (non-hydrogen) atoms. The summed E-state index contributed by atoms with van der Waals surface area (Å²) in [5, 5.41) is 72.5. The zero-order valence-electron chi connectivity index (χ0n) is 49.0. The number of hydrogen-bond acceptors (Lipinski definition) is 14. The minimum absolute atomic E-state index is 0.0642. The first-order valence-electron chi connectivity index (χ1n) is 31.9. The van der Waals surface area contributed by atoms with E-state index in [0.29, 0.717) is 13.0 Å². The highest BCUT2D eigenvalue weighted by molar-refractivity contribution is 5.69.